The van der Waals surface area contributed by atoms with Gasteiger partial charge in [-0.05, 0) is 12.8 Å². The van der Waals surface area contributed by atoms with Gasteiger partial charge in [0.2, 0.25) is 0 Å². The fourth-order valence-electron chi connectivity index (χ4n) is 1.00. The highest BCUT2D eigenvalue weighted by atomic mass is 35.5. The van der Waals surface area contributed by atoms with E-state index in [0.717, 1.165) is 11.5 Å². The summed E-state index contributed by atoms with van der Waals surface area (Å²) in [6.45, 7) is 0.483. The van der Waals surface area contributed by atoms with Crippen molar-refractivity contribution in [1.29, 1.82) is 0 Å². The van der Waals surface area contributed by atoms with Crippen LogP contribution < -0.4 is 0 Å². The molecular weight excluding hydrogens is 158 g/mol. The Hall–Kier alpha value is -0.320. The molecule has 1 aliphatic heterocycles. The average molecular weight is 168 g/mol. The second kappa shape index (κ2) is 3.75. The maximum atomic E-state index is 10.2. The number of hydrogen-bond donors (Lipinski definition) is 2. The number of halogens is 1. The van der Waals surface area contributed by atoms with Gasteiger partial charge in [0.05, 0.1) is 0 Å². The molecule has 0 amide bonds. The zero-order valence-corrected chi connectivity index (χ0v) is 6.17. The van der Waals surface area contributed by atoms with Crippen molar-refractivity contribution < 1.29 is 15.1 Å². The van der Waals surface area contributed by atoms with Crippen LogP contribution in [-0.4, -0.2) is 33.9 Å². The van der Waals surface area contributed by atoms with E-state index < -0.39 is 12.0 Å². The van der Waals surface area contributed by atoms with Gasteiger partial charge >= 0.3 is 5.97 Å². The molecular formula is C5H10ClNO3. The summed E-state index contributed by atoms with van der Waals surface area (Å²) in [4.78, 5) is 10.2. The molecule has 0 spiro atoms. The van der Waals surface area contributed by atoms with Crippen LogP contribution >= 0.6 is 12.4 Å². The zero-order valence-electron chi connectivity index (χ0n) is 5.36. The van der Waals surface area contributed by atoms with E-state index >= 15 is 0 Å². The maximum Gasteiger partial charge on any atom is 0.323 e. The van der Waals surface area contributed by atoms with E-state index in [0.29, 0.717) is 13.0 Å². The highest BCUT2D eigenvalue weighted by molar-refractivity contribution is 5.85. The van der Waals surface area contributed by atoms with Crippen molar-refractivity contribution in [2.75, 3.05) is 6.54 Å². The van der Waals surface area contributed by atoms with E-state index in [1.165, 1.54) is 0 Å². The van der Waals surface area contributed by atoms with Crippen molar-refractivity contribution in [2.24, 2.45) is 0 Å². The van der Waals surface area contributed by atoms with Crippen LogP contribution in [0, 0.1) is 0 Å². The predicted octanol–water partition coefficient (Wildman–Crippen LogP) is 0.346. The maximum absolute atomic E-state index is 10.2. The molecule has 60 valence electrons. The summed E-state index contributed by atoms with van der Waals surface area (Å²) in [7, 11) is 0. The zero-order chi connectivity index (χ0) is 6.85. The van der Waals surface area contributed by atoms with Gasteiger partial charge in [-0.15, -0.1) is 12.4 Å². The van der Waals surface area contributed by atoms with Crippen LogP contribution in [0.4, 0.5) is 0 Å². The van der Waals surface area contributed by atoms with Gasteiger partial charge in [-0.25, -0.2) is 0 Å². The molecule has 1 atom stereocenters. The number of carboxylic acids is 1. The fraction of sp³-hybridized carbons (Fsp3) is 0.800. The van der Waals surface area contributed by atoms with Gasteiger partial charge in [-0.2, -0.15) is 5.06 Å². The van der Waals surface area contributed by atoms with Gasteiger partial charge in [-0.3, -0.25) is 4.79 Å². The van der Waals surface area contributed by atoms with Crippen molar-refractivity contribution >= 4 is 18.4 Å². The molecule has 4 nitrogen and oxygen atoms in total. The first-order chi connectivity index (χ1) is 4.22. The minimum atomic E-state index is -0.935. The summed E-state index contributed by atoms with van der Waals surface area (Å²) in [5.41, 5.74) is 0. The normalized spacial score (nSPS) is 25.9. The van der Waals surface area contributed by atoms with E-state index in [-0.39, 0.29) is 12.4 Å². The van der Waals surface area contributed by atoms with Gasteiger partial charge in [0.15, 0.2) is 0 Å². The number of aliphatic carboxylic acids is 1. The summed E-state index contributed by atoms with van der Waals surface area (Å²) in [6.07, 6.45) is 1.33. The largest absolute Gasteiger partial charge is 0.480 e. The average Bonchev–Trinajstić information content (AvgIpc) is 2.13. The van der Waals surface area contributed by atoms with Gasteiger partial charge in [0.25, 0.3) is 0 Å². The van der Waals surface area contributed by atoms with Crippen LogP contribution in [-0.2, 0) is 4.79 Å². The summed E-state index contributed by atoms with van der Waals surface area (Å²) < 4.78 is 0. The molecule has 10 heavy (non-hydrogen) atoms. The van der Waals surface area contributed by atoms with Gasteiger partial charge in [0.1, 0.15) is 6.04 Å². The number of carbonyl (C=O) groups is 1. The van der Waals surface area contributed by atoms with Gasteiger partial charge in [0, 0.05) is 6.54 Å². The molecule has 0 aliphatic carbocycles. The lowest BCUT2D eigenvalue weighted by atomic mass is 10.2. The molecule has 1 fully saturated rings. The molecule has 1 aliphatic rings. The number of nitrogens with zero attached hydrogens (tertiary/aromatic N) is 1. The summed E-state index contributed by atoms with van der Waals surface area (Å²) in [5, 5.41) is 18.1. The molecule has 0 bridgehead atoms. The summed E-state index contributed by atoms with van der Waals surface area (Å²) >= 11 is 0. The Bertz CT molecular complexity index is 130. The topological polar surface area (TPSA) is 60.8 Å². The Morgan fingerprint density at radius 2 is 2.20 bits per heavy atom. The Labute approximate surface area is 64.8 Å². The summed E-state index contributed by atoms with van der Waals surface area (Å²) in [6, 6.07) is -0.662. The smallest absolute Gasteiger partial charge is 0.323 e. The first-order valence-electron chi connectivity index (χ1n) is 2.90. The van der Waals surface area contributed by atoms with Crippen molar-refractivity contribution in [2.45, 2.75) is 18.9 Å². The highest BCUT2D eigenvalue weighted by Crippen LogP contribution is 2.13. The minimum absolute atomic E-state index is 0. The molecule has 0 aromatic rings. The van der Waals surface area contributed by atoms with Crippen molar-refractivity contribution in [1.82, 2.24) is 5.06 Å². The number of hydroxylamine groups is 2. The molecule has 1 saturated heterocycles. The fourth-order valence-corrected chi connectivity index (χ4v) is 1.00. The van der Waals surface area contributed by atoms with E-state index in [2.05, 4.69) is 0 Å². The third-order valence-electron chi connectivity index (χ3n) is 1.51. The first-order valence-corrected chi connectivity index (χ1v) is 2.90. The molecule has 2 N–H and O–H groups in total. The SMILES string of the molecule is Cl.O=C(O)[C@H]1CCCN1O. The van der Waals surface area contributed by atoms with E-state index in [1.807, 2.05) is 0 Å². The number of carboxylic acid groups (broad SMARTS) is 1. The van der Waals surface area contributed by atoms with Gasteiger partial charge in [-0.1, -0.05) is 0 Å². The van der Waals surface area contributed by atoms with E-state index in [9.17, 15) is 4.79 Å². The molecule has 0 aromatic carbocycles. The third kappa shape index (κ3) is 1.83. The lowest BCUT2D eigenvalue weighted by molar-refractivity contribution is -0.160. The molecule has 0 unspecified atom stereocenters. The molecule has 0 aromatic heterocycles. The van der Waals surface area contributed by atoms with Crippen LogP contribution in [0.1, 0.15) is 12.8 Å². The molecule has 5 heteroatoms. The van der Waals surface area contributed by atoms with Crippen LogP contribution in [0.3, 0.4) is 0 Å². The van der Waals surface area contributed by atoms with Crippen molar-refractivity contribution in [3.05, 3.63) is 0 Å². The molecule has 1 rings (SSSR count). The second-order valence-electron chi connectivity index (χ2n) is 2.16. The van der Waals surface area contributed by atoms with Crippen LogP contribution in [0.15, 0.2) is 0 Å². The Balaban J connectivity index is 0.000000810. The standard InChI is InChI=1S/C5H9NO3.ClH/c7-5(8)4-2-1-3-6(4)9;/h4,9H,1-3H2,(H,7,8);1H/t4-;/m1./s1. The van der Waals surface area contributed by atoms with Crippen molar-refractivity contribution in [3.8, 4) is 0 Å². The Morgan fingerprint density at radius 3 is 2.40 bits per heavy atom. The lowest BCUT2D eigenvalue weighted by Crippen LogP contribution is -2.32. The predicted molar refractivity (Wildman–Crippen MR) is 36.4 cm³/mol. The van der Waals surface area contributed by atoms with E-state index in [1.54, 1.807) is 0 Å². The summed E-state index contributed by atoms with van der Waals surface area (Å²) in [5.74, 6) is -0.935. The van der Waals surface area contributed by atoms with Gasteiger partial charge < -0.3 is 10.3 Å². The highest BCUT2D eigenvalue weighted by Gasteiger charge is 2.28. The molecule has 1 heterocycles. The second-order valence-corrected chi connectivity index (χ2v) is 2.16. The van der Waals surface area contributed by atoms with Crippen LogP contribution in [0.5, 0.6) is 0 Å². The monoisotopic (exact) mass is 167 g/mol. The molecule has 0 radical (unpaired) electrons. The Morgan fingerprint density at radius 1 is 1.60 bits per heavy atom. The van der Waals surface area contributed by atoms with Crippen LogP contribution in [0.25, 0.3) is 0 Å². The van der Waals surface area contributed by atoms with Crippen LogP contribution in [0.2, 0.25) is 0 Å². The number of hydrogen-bond acceptors (Lipinski definition) is 3. The minimum Gasteiger partial charge on any atom is -0.480 e. The third-order valence-corrected chi connectivity index (χ3v) is 1.51. The molecule has 0 saturated carbocycles. The van der Waals surface area contributed by atoms with Crippen molar-refractivity contribution in [3.63, 3.8) is 0 Å². The first kappa shape index (κ1) is 9.68. The quantitative estimate of drug-likeness (QED) is 0.592. The number of rotatable bonds is 1. The Kier molecular flexibility index (Phi) is 3.63. The lowest BCUT2D eigenvalue weighted by Gasteiger charge is -2.11. The van der Waals surface area contributed by atoms with E-state index in [4.69, 9.17) is 10.3 Å².